The lowest BCUT2D eigenvalue weighted by atomic mass is 10.1. The lowest BCUT2D eigenvalue weighted by Gasteiger charge is -2.07. The Morgan fingerprint density at radius 3 is 2.78 bits per heavy atom. The molecule has 0 aliphatic carbocycles. The molecule has 5 nitrogen and oxygen atoms in total. The van der Waals surface area contributed by atoms with Crippen LogP contribution in [0.5, 0.6) is 5.75 Å². The van der Waals surface area contributed by atoms with Gasteiger partial charge in [0, 0.05) is 11.1 Å². The molecule has 0 aliphatic heterocycles. The number of nitrogens with zero attached hydrogens (tertiary/aromatic N) is 1. The Bertz CT molecular complexity index is 611. The first-order valence-corrected chi connectivity index (χ1v) is 5.14. The molecule has 1 aromatic carbocycles. The summed E-state index contributed by atoms with van der Waals surface area (Å²) in [6.45, 7) is 0. The summed E-state index contributed by atoms with van der Waals surface area (Å²) in [5.41, 5.74) is -0.0880. The molecule has 0 amide bonds. The Kier molecular flexibility index (Phi) is 3.20. The molecule has 0 aliphatic rings. The van der Waals surface area contributed by atoms with Gasteiger partial charge in [-0.1, -0.05) is 16.8 Å². The summed E-state index contributed by atoms with van der Waals surface area (Å²) in [5.74, 6) is -1.95. The van der Waals surface area contributed by atoms with Crippen molar-refractivity contribution in [3.8, 4) is 17.1 Å². The zero-order valence-electron chi connectivity index (χ0n) is 9.11. The van der Waals surface area contributed by atoms with Gasteiger partial charge in [-0.3, -0.25) is 0 Å². The van der Waals surface area contributed by atoms with Gasteiger partial charge in [-0.15, -0.1) is 0 Å². The summed E-state index contributed by atoms with van der Waals surface area (Å²) >= 11 is 5.72. The number of carboxylic acids is 1. The summed E-state index contributed by atoms with van der Waals surface area (Å²) in [6.07, 6.45) is 0. The number of carbonyl (C=O) groups is 1. The van der Waals surface area contributed by atoms with Crippen molar-refractivity contribution in [3.05, 3.63) is 34.7 Å². The summed E-state index contributed by atoms with van der Waals surface area (Å²) in [7, 11) is 1.28. The summed E-state index contributed by atoms with van der Waals surface area (Å²) in [4.78, 5) is 10.7. The third-order valence-corrected chi connectivity index (χ3v) is 2.43. The third-order valence-electron chi connectivity index (χ3n) is 2.21. The van der Waals surface area contributed by atoms with E-state index in [1.54, 1.807) is 0 Å². The van der Waals surface area contributed by atoms with Gasteiger partial charge in [0.2, 0.25) is 0 Å². The molecular formula is C11H7ClFNO4. The zero-order chi connectivity index (χ0) is 13.3. The molecule has 0 radical (unpaired) electrons. The highest BCUT2D eigenvalue weighted by Gasteiger charge is 2.19. The van der Waals surface area contributed by atoms with Crippen LogP contribution in [-0.4, -0.2) is 23.3 Å². The minimum atomic E-state index is -1.24. The van der Waals surface area contributed by atoms with Gasteiger partial charge in [0.15, 0.2) is 23.0 Å². The van der Waals surface area contributed by atoms with Crippen LogP contribution < -0.4 is 4.74 Å². The van der Waals surface area contributed by atoms with E-state index in [1.165, 1.54) is 13.2 Å². The van der Waals surface area contributed by atoms with Crippen LogP contribution >= 0.6 is 11.6 Å². The fourth-order valence-corrected chi connectivity index (χ4v) is 1.66. The van der Waals surface area contributed by atoms with Crippen molar-refractivity contribution >= 4 is 17.6 Å². The monoisotopic (exact) mass is 271 g/mol. The summed E-state index contributed by atoms with van der Waals surface area (Å²) in [5, 5.41) is 12.2. The number of rotatable bonds is 3. The molecule has 2 aromatic rings. The standard InChI is InChI=1S/C11H7ClFNO4/c1-17-10-6(2-5(12)3-7(10)13)9-4-8(11(15)16)14-18-9/h2-4H,1H3,(H,15,16). The van der Waals surface area contributed by atoms with Crippen LogP contribution in [0.1, 0.15) is 10.5 Å². The quantitative estimate of drug-likeness (QED) is 0.929. The number of aromatic nitrogens is 1. The van der Waals surface area contributed by atoms with Crippen molar-refractivity contribution in [1.29, 1.82) is 0 Å². The van der Waals surface area contributed by atoms with E-state index in [0.29, 0.717) is 0 Å². The molecular weight excluding hydrogens is 265 g/mol. The van der Waals surface area contributed by atoms with Crippen molar-refractivity contribution < 1.29 is 23.6 Å². The average Bonchev–Trinajstić information content (AvgIpc) is 2.77. The van der Waals surface area contributed by atoms with Crippen LogP contribution in [0.15, 0.2) is 22.7 Å². The maximum absolute atomic E-state index is 13.6. The summed E-state index contributed by atoms with van der Waals surface area (Å²) in [6, 6.07) is 3.64. The van der Waals surface area contributed by atoms with Crippen molar-refractivity contribution in [2.24, 2.45) is 0 Å². The minimum absolute atomic E-state index is 0.0608. The zero-order valence-corrected chi connectivity index (χ0v) is 9.86. The van der Waals surface area contributed by atoms with Gasteiger partial charge in [0.05, 0.1) is 12.7 Å². The van der Waals surface area contributed by atoms with Gasteiger partial charge in [0.25, 0.3) is 0 Å². The van der Waals surface area contributed by atoms with Gasteiger partial charge >= 0.3 is 5.97 Å². The second kappa shape index (κ2) is 4.66. The molecule has 94 valence electrons. The normalized spacial score (nSPS) is 10.4. The number of hydrogen-bond donors (Lipinski definition) is 1. The van der Waals surface area contributed by atoms with Crippen LogP contribution in [0.3, 0.4) is 0 Å². The molecule has 0 atom stereocenters. The number of benzene rings is 1. The third kappa shape index (κ3) is 2.14. The van der Waals surface area contributed by atoms with Crippen LogP contribution in [0, 0.1) is 5.82 Å². The Hall–Kier alpha value is -2.08. The van der Waals surface area contributed by atoms with E-state index < -0.39 is 11.8 Å². The first-order chi connectivity index (χ1) is 8.52. The second-order valence-corrected chi connectivity index (χ2v) is 3.79. The topological polar surface area (TPSA) is 72.6 Å². The molecule has 0 saturated heterocycles. The molecule has 1 N–H and O–H groups in total. The van der Waals surface area contributed by atoms with Crippen molar-refractivity contribution in [2.75, 3.05) is 7.11 Å². The molecule has 0 spiro atoms. The highest BCUT2D eigenvalue weighted by atomic mass is 35.5. The van der Waals surface area contributed by atoms with E-state index >= 15 is 0 Å². The lowest BCUT2D eigenvalue weighted by Crippen LogP contribution is -1.94. The fourth-order valence-electron chi connectivity index (χ4n) is 1.45. The maximum Gasteiger partial charge on any atom is 0.358 e. The minimum Gasteiger partial charge on any atom is -0.493 e. The van der Waals surface area contributed by atoms with E-state index in [1.807, 2.05) is 0 Å². The first kappa shape index (κ1) is 12.4. The van der Waals surface area contributed by atoms with Crippen molar-refractivity contribution in [3.63, 3.8) is 0 Å². The molecule has 1 heterocycles. The van der Waals surface area contributed by atoms with Gasteiger partial charge in [-0.2, -0.15) is 0 Å². The lowest BCUT2D eigenvalue weighted by molar-refractivity contribution is 0.0686. The first-order valence-electron chi connectivity index (χ1n) is 4.76. The van der Waals surface area contributed by atoms with Gasteiger partial charge in [-0.05, 0) is 12.1 Å². The Balaban J connectivity index is 2.58. The Morgan fingerprint density at radius 1 is 1.50 bits per heavy atom. The van der Waals surface area contributed by atoms with Crippen molar-refractivity contribution in [1.82, 2.24) is 5.16 Å². The van der Waals surface area contributed by atoms with Gasteiger partial charge in [0.1, 0.15) is 0 Å². The Labute approximate surface area is 106 Å². The Morgan fingerprint density at radius 2 is 2.22 bits per heavy atom. The van der Waals surface area contributed by atoms with E-state index in [4.69, 9.17) is 26.0 Å². The van der Waals surface area contributed by atoms with Crippen molar-refractivity contribution in [2.45, 2.75) is 0 Å². The molecule has 1 aromatic heterocycles. The van der Waals surface area contributed by atoms with E-state index in [2.05, 4.69) is 5.16 Å². The maximum atomic E-state index is 13.6. The molecule has 18 heavy (non-hydrogen) atoms. The number of ether oxygens (including phenoxy) is 1. The molecule has 7 heteroatoms. The molecule has 0 saturated carbocycles. The highest BCUT2D eigenvalue weighted by Crippen LogP contribution is 2.35. The molecule has 0 bridgehead atoms. The summed E-state index contributed by atoms with van der Waals surface area (Å²) < 4.78 is 23.3. The number of hydrogen-bond acceptors (Lipinski definition) is 4. The average molecular weight is 272 g/mol. The number of carboxylic acid groups (broad SMARTS) is 1. The molecule has 0 unspecified atom stereocenters. The predicted octanol–water partition coefficient (Wildman–Crippen LogP) is 2.84. The highest BCUT2D eigenvalue weighted by molar-refractivity contribution is 6.31. The number of methoxy groups -OCH3 is 1. The van der Waals surface area contributed by atoms with E-state index in [9.17, 15) is 9.18 Å². The van der Waals surface area contributed by atoms with Gasteiger partial charge in [-0.25, -0.2) is 9.18 Å². The van der Waals surface area contributed by atoms with Crippen LogP contribution in [0.4, 0.5) is 4.39 Å². The van der Waals surface area contributed by atoms with Crippen LogP contribution in [0.2, 0.25) is 5.02 Å². The largest absolute Gasteiger partial charge is 0.493 e. The predicted molar refractivity (Wildman–Crippen MR) is 60.4 cm³/mol. The van der Waals surface area contributed by atoms with Crippen LogP contribution in [-0.2, 0) is 0 Å². The van der Waals surface area contributed by atoms with Crippen LogP contribution in [0.25, 0.3) is 11.3 Å². The smallest absolute Gasteiger partial charge is 0.358 e. The number of halogens is 2. The van der Waals surface area contributed by atoms with E-state index in [0.717, 1.165) is 12.1 Å². The van der Waals surface area contributed by atoms with Gasteiger partial charge < -0.3 is 14.4 Å². The molecule has 0 fully saturated rings. The SMILES string of the molecule is COc1c(F)cc(Cl)cc1-c1cc(C(=O)O)no1. The second-order valence-electron chi connectivity index (χ2n) is 3.35. The fraction of sp³-hybridized carbons (Fsp3) is 0.0909. The molecule has 2 rings (SSSR count). The number of aromatic carboxylic acids is 1. The van der Waals surface area contributed by atoms with E-state index in [-0.39, 0.29) is 27.8 Å².